The Morgan fingerprint density at radius 2 is 2.07 bits per heavy atom. The van der Waals surface area contributed by atoms with Gasteiger partial charge in [-0.15, -0.1) is 0 Å². The van der Waals surface area contributed by atoms with E-state index in [2.05, 4.69) is 4.74 Å². The predicted octanol–water partition coefficient (Wildman–Crippen LogP) is 1.71. The summed E-state index contributed by atoms with van der Waals surface area (Å²) in [5, 5.41) is 0. The summed E-state index contributed by atoms with van der Waals surface area (Å²) >= 11 is -2.10. The van der Waals surface area contributed by atoms with Gasteiger partial charge < -0.3 is 9.29 Å². The number of hydrogen-bond donors (Lipinski definition) is 1. The monoisotopic (exact) mass is 232 g/mol. The predicted molar refractivity (Wildman–Crippen MR) is 44.2 cm³/mol. The van der Waals surface area contributed by atoms with Crippen molar-refractivity contribution in [3.05, 3.63) is 0 Å². The maximum Gasteiger partial charge on any atom is 0.414 e. The molecule has 0 bridgehead atoms. The minimum atomic E-state index is -4.37. The molecule has 0 radical (unpaired) electrons. The molecule has 0 aliphatic carbocycles. The Morgan fingerprint density at radius 1 is 1.43 bits per heavy atom. The summed E-state index contributed by atoms with van der Waals surface area (Å²) in [5.41, 5.74) is 0. The van der Waals surface area contributed by atoms with E-state index in [0.29, 0.717) is 12.8 Å². The highest BCUT2D eigenvalue weighted by molar-refractivity contribution is 7.79. The Kier molecular flexibility index (Phi) is 3.91. The van der Waals surface area contributed by atoms with E-state index in [4.69, 9.17) is 4.55 Å². The van der Waals surface area contributed by atoms with Crippen LogP contribution in [0.25, 0.3) is 0 Å². The van der Waals surface area contributed by atoms with Gasteiger partial charge in [0.15, 0.2) is 17.2 Å². The zero-order valence-electron chi connectivity index (χ0n) is 7.29. The number of ether oxygens (including phenoxy) is 1. The van der Waals surface area contributed by atoms with E-state index in [1.165, 1.54) is 0 Å². The minimum Gasteiger partial charge on any atom is -0.365 e. The van der Waals surface area contributed by atoms with Gasteiger partial charge in [0, 0.05) is 0 Å². The molecule has 1 fully saturated rings. The second-order valence-corrected chi connectivity index (χ2v) is 4.18. The average Bonchev–Trinajstić information content (AvgIpc) is 2.01. The molecule has 3 atom stereocenters. The molecule has 1 rings (SSSR count). The first-order chi connectivity index (χ1) is 6.39. The fraction of sp³-hybridized carbons (Fsp3) is 1.00. The topological polar surface area (TPSA) is 46.5 Å². The Bertz CT molecular complexity index is 219. The summed E-state index contributed by atoms with van der Waals surface area (Å²) in [6, 6.07) is 0. The molecule has 0 amide bonds. The third-order valence-corrected chi connectivity index (χ3v) is 2.70. The second-order valence-electron chi connectivity index (χ2n) is 3.21. The van der Waals surface area contributed by atoms with Crippen molar-refractivity contribution in [3.8, 4) is 0 Å². The van der Waals surface area contributed by atoms with Crippen LogP contribution in [-0.4, -0.2) is 32.9 Å². The smallest absolute Gasteiger partial charge is 0.365 e. The SMILES string of the molecule is O=S(O)CC1CCCC(C(F)(F)F)O1. The first-order valence-corrected chi connectivity index (χ1v) is 5.47. The van der Waals surface area contributed by atoms with Crippen LogP contribution in [0.4, 0.5) is 13.2 Å². The van der Waals surface area contributed by atoms with Gasteiger partial charge in [-0.2, -0.15) is 13.2 Å². The normalized spacial score (nSPS) is 31.4. The number of halogens is 3. The molecule has 0 aromatic rings. The van der Waals surface area contributed by atoms with E-state index < -0.39 is 29.5 Å². The van der Waals surface area contributed by atoms with Crippen molar-refractivity contribution in [3.63, 3.8) is 0 Å². The van der Waals surface area contributed by atoms with E-state index in [1.807, 2.05) is 0 Å². The quantitative estimate of drug-likeness (QED) is 0.737. The lowest BCUT2D eigenvalue weighted by Gasteiger charge is -2.30. The van der Waals surface area contributed by atoms with Gasteiger partial charge in [0.05, 0.1) is 11.9 Å². The van der Waals surface area contributed by atoms with Crippen molar-refractivity contribution in [1.29, 1.82) is 0 Å². The molecule has 0 aromatic carbocycles. The largest absolute Gasteiger partial charge is 0.414 e. The third-order valence-electron chi connectivity index (χ3n) is 2.04. The lowest BCUT2D eigenvalue weighted by atomic mass is 10.0. The summed E-state index contributed by atoms with van der Waals surface area (Å²) in [6.07, 6.45) is -6.15. The zero-order chi connectivity index (χ0) is 10.8. The average molecular weight is 232 g/mol. The molecular formula is C7H11F3O3S. The molecule has 1 N–H and O–H groups in total. The molecule has 1 saturated heterocycles. The molecule has 3 unspecified atom stereocenters. The van der Waals surface area contributed by atoms with Crippen molar-refractivity contribution >= 4 is 11.1 Å². The Labute approximate surface area is 81.9 Å². The molecule has 1 heterocycles. The summed E-state index contributed by atoms with van der Waals surface area (Å²) in [5.74, 6) is -0.243. The van der Waals surface area contributed by atoms with E-state index in [0.717, 1.165) is 0 Å². The lowest BCUT2D eigenvalue weighted by Crippen LogP contribution is -2.40. The minimum absolute atomic E-state index is 0.0575. The highest BCUT2D eigenvalue weighted by Gasteiger charge is 2.43. The van der Waals surface area contributed by atoms with Crippen molar-refractivity contribution in [2.75, 3.05) is 5.75 Å². The zero-order valence-corrected chi connectivity index (χ0v) is 8.11. The van der Waals surface area contributed by atoms with Crippen LogP contribution in [-0.2, 0) is 15.8 Å². The van der Waals surface area contributed by atoms with Gasteiger partial charge >= 0.3 is 6.18 Å². The molecule has 7 heteroatoms. The van der Waals surface area contributed by atoms with Crippen LogP contribution < -0.4 is 0 Å². The van der Waals surface area contributed by atoms with Crippen LogP contribution >= 0.6 is 0 Å². The molecule has 3 nitrogen and oxygen atoms in total. The Balaban J connectivity index is 2.48. The van der Waals surface area contributed by atoms with Gasteiger partial charge in [-0.25, -0.2) is 4.21 Å². The fourth-order valence-corrected chi connectivity index (χ4v) is 1.99. The Morgan fingerprint density at radius 3 is 2.57 bits per heavy atom. The van der Waals surface area contributed by atoms with Gasteiger partial charge in [-0.05, 0) is 19.3 Å². The summed E-state index contributed by atoms with van der Waals surface area (Å²) < 4.78 is 60.1. The van der Waals surface area contributed by atoms with Gasteiger partial charge in [0.2, 0.25) is 0 Å². The number of rotatable bonds is 2. The summed E-state index contributed by atoms with van der Waals surface area (Å²) in [6.45, 7) is 0. The molecule has 1 aliphatic heterocycles. The van der Waals surface area contributed by atoms with Crippen LogP contribution in [0.5, 0.6) is 0 Å². The van der Waals surface area contributed by atoms with Crippen molar-refractivity contribution in [2.45, 2.75) is 37.6 Å². The van der Waals surface area contributed by atoms with Gasteiger partial charge in [0.1, 0.15) is 0 Å². The first kappa shape index (κ1) is 11.9. The van der Waals surface area contributed by atoms with Crippen molar-refractivity contribution < 1.29 is 26.7 Å². The van der Waals surface area contributed by atoms with E-state index >= 15 is 0 Å². The fourth-order valence-electron chi connectivity index (χ4n) is 1.42. The number of hydrogen-bond acceptors (Lipinski definition) is 2. The third kappa shape index (κ3) is 3.55. The highest BCUT2D eigenvalue weighted by atomic mass is 32.2. The van der Waals surface area contributed by atoms with Crippen LogP contribution in [0, 0.1) is 0 Å². The molecular weight excluding hydrogens is 221 g/mol. The van der Waals surface area contributed by atoms with Crippen molar-refractivity contribution in [2.24, 2.45) is 0 Å². The first-order valence-electron chi connectivity index (χ1n) is 4.19. The maximum atomic E-state index is 12.2. The molecule has 0 spiro atoms. The highest BCUT2D eigenvalue weighted by Crippen LogP contribution is 2.32. The summed E-state index contributed by atoms with van der Waals surface area (Å²) in [4.78, 5) is 0. The Hall–Kier alpha value is -0.140. The lowest BCUT2D eigenvalue weighted by molar-refractivity contribution is -0.242. The second kappa shape index (κ2) is 4.59. The van der Waals surface area contributed by atoms with Crippen molar-refractivity contribution in [1.82, 2.24) is 0 Å². The molecule has 0 aromatic heterocycles. The molecule has 84 valence electrons. The molecule has 1 aliphatic rings. The van der Waals surface area contributed by atoms with Gasteiger partial charge in [-0.3, -0.25) is 0 Å². The van der Waals surface area contributed by atoms with E-state index in [9.17, 15) is 17.4 Å². The van der Waals surface area contributed by atoms with Crippen LogP contribution in [0.2, 0.25) is 0 Å². The van der Waals surface area contributed by atoms with Crippen LogP contribution in [0.3, 0.4) is 0 Å². The maximum absolute atomic E-state index is 12.2. The molecule has 0 saturated carbocycles. The number of alkyl halides is 3. The van der Waals surface area contributed by atoms with Crippen LogP contribution in [0.1, 0.15) is 19.3 Å². The van der Waals surface area contributed by atoms with Gasteiger partial charge in [0.25, 0.3) is 0 Å². The standard InChI is InChI=1S/C7H11F3O3S/c8-7(9,10)6-3-1-2-5(13-6)4-14(11)12/h5-6H,1-4H2,(H,11,12). The van der Waals surface area contributed by atoms with Crippen LogP contribution in [0.15, 0.2) is 0 Å². The molecule has 14 heavy (non-hydrogen) atoms. The van der Waals surface area contributed by atoms with E-state index in [1.54, 1.807) is 0 Å². The summed E-state index contributed by atoms with van der Waals surface area (Å²) in [7, 11) is 0. The van der Waals surface area contributed by atoms with E-state index in [-0.39, 0.29) is 12.2 Å². The van der Waals surface area contributed by atoms with Gasteiger partial charge in [-0.1, -0.05) is 0 Å².